The minimum Gasteiger partial charge on any atom is -0.358 e. The molecule has 0 unspecified atom stereocenters. The second-order valence-electron chi connectivity index (χ2n) is 5.51. The monoisotopic (exact) mass is 266 g/mol. The van der Waals surface area contributed by atoms with Crippen LogP contribution in [-0.2, 0) is 0 Å². The van der Waals surface area contributed by atoms with Crippen LogP contribution in [0.25, 0.3) is 11.3 Å². The zero-order valence-electron chi connectivity index (χ0n) is 12.9. The topological polar surface area (TPSA) is 28.1 Å². The molecule has 2 aromatic rings. The third kappa shape index (κ3) is 3.27. The maximum absolute atomic E-state index is 4.51. The van der Waals surface area contributed by atoms with Crippen molar-refractivity contribution in [2.24, 2.45) is 4.99 Å². The summed E-state index contributed by atoms with van der Waals surface area (Å²) < 4.78 is 0. The fourth-order valence-corrected chi connectivity index (χ4v) is 2.20. The number of hydrogen-bond acceptors (Lipinski definition) is 1. The van der Waals surface area contributed by atoms with Gasteiger partial charge in [-0.1, -0.05) is 29.3 Å². The molecule has 1 heterocycles. The summed E-state index contributed by atoms with van der Waals surface area (Å²) in [5, 5.41) is 0. The van der Waals surface area contributed by atoms with Gasteiger partial charge >= 0.3 is 0 Å². The smallest absolute Gasteiger partial charge is 0.0462 e. The molecule has 0 radical (unpaired) electrons. The fourth-order valence-electron chi connectivity index (χ4n) is 2.20. The molecule has 2 rings (SSSR count). The van der Waals surface area contributed by atoms with E-state index in [0.29, 0.717) is 0 Å². The normalized spacial score (nSPS) is 11.6. The highest BCUT2D eigenvalue weighted by atomic mass is 14.8. The fraction of sp³-hybridized carbons (Fsp3) is 0.278. The number of benzene rings is 1. The number of nitrogens with zero attached hydrogens (tertiary/aromatic N) is 1. The van der Waals surface area contributed by atoms with Crippen LogP contribution in [-0.4, -0.2) is 10.7 Å². The summed E-state index contributed by atoms with van der Waals surface area (Å²) in [6.45, 7) is 10.4. The minimum absolute atomic E-state index is 1.04. The summed E-state index contributed by atoms with van der Waals surface area (Å²) in [6, 6.07) is 10.7. The first-order chi connectivity index (χ1) is 9.47. The predicted octanol–water partition coefficient (Wildman–Crippen LogP) is 5.03. The lowest BCUT2D eigenvalue weighted by atomic mass is 10.1. The molecule has 20 heavy (non-hydrogen) atoms. The molecule has 104 valence electrons. The standard InChI is InChI=1S/C18H22N2/c1-12(2)11-19-14(4)17-10-18(20-15(17)5)16-8-6-7-13(3)9-16/h6-11,20H,1-5H3. The first-order valence-electron chi connectivity index (χ1n) is 6.92. The predicted molar refractivity (Wildman–Crippen MR) is 87.3 cm³/mol. The molecule has 0 atom stereocenters. The number of aromatic nitrogens is 1. The van der Waals surface area contributed by atoms with Gasteiger partial charge in [-0.2, -0.15) is 0 Å². The zero-order chi connectivity index (χ0) is 14.7. The molecule has 2 nitrogen and oxygen atoms in total. The maximum atomic E-state index is 4.51. The molecule has 1 aromatic heterocycles. The van der Waals surface area contributed by atoms with Crippen molar-refractivity contribution < 1.29 is 0 Å². The van der Waals surface area contributed by atoms with Crippen LogP contribution in [0.3, 0.4) is 0 Å². The van der Waals surface area contributed by atoms with Crippen molar-refractivity contribution in [1.82, 2.24) is 4.98 Å². The Balaban J connectivity index is 2.40. The molecule has 1 aromatic carbocycles. The van der Waals surface area contributed by atoms with E-state index in [1.165, 1.54) is 22.3 Å². The van der Waals surface area contributed by atoms with Crippen molar-refractivity contribution in [2.45, 2.75) is 34.6 Å². The van der Waals surface area contributed by atoms with Crippen LogP contribution in [0.4, 0.5) is 0 Å². The van der Waals surface area contributed by atoms with E-state index in [1.807, 2.05) is 6.20 Å². The van der Waals surface area contributed by atoms with Crippen LogP contribution in [0.2, 0.25) is 0 Å². The number of hydrogen-bond donors (Lipinski definition) is 1. The molecule has 1 N–H and O–H groups in total. The van der Waals surface area contributed by atoms with E-state index in [0.717, 1.165) is 17.1 Å². The lowest BCUT2D eigenvalue weighted by molar-refractivity contribution is 1.25. The molecule has 0 amide bonds. The Morgan fingerprint density at radius 1 is 1.10 bits per heavy atom. The number of rotatable bonds is 3. The molecule has 0 saturated heterocycles. The van der Waals surface area contributed by atoms with Crippen LogP contribution in [0, 0.1) is 13.8 Å². The van der Waals surface area contributed by atoms with Crippen molar-refractivity contribution in [3.63, 3.8) is 0 Å². The summed E-state index contributed by atoms with van der Waals surface area (Å²) >= 11 is 0. The Labute approximate surface area is 121 Å². The molecule has 0 fully saturated rings. The van der Waals surface area contributed by atoms with E-state index in [4.69, 9.17) is 0 Å². The van der Waals surface area contributed by atoms with Gasteiger partial charge in [-0.3, -0.25) is 4.99 Å². The second-order valence-corrected chi connectivity index (χ2v) is 5.51. The maximum Gasteiger partial charge on any atom is 0.0462 e. The van der Waals surface area contributed by atoms with Gasteiger partial charge in [0.1, 0.15) is 0 Å². The molecular formula is C18H22N2. The van der Waals surface area contributed by atoms with Gasteiger partial charge in [-0.15, -0.1) is 0 Å². The molecule has 2 heteroatoms. The summed E-state index contributed by atoms with van der Waals surface area (Å²) in [7, 11) is 0. The van der Waals surface area contributed by atoms with Gasteiger partial charge in [0.25, 0.3) is 0 Å². The Kier molecular flexibility index (Phi) is 4.23. The average molecular weight is 266 g/mol. The third-order valence-corrected chi connectivity index (χ3v) is 3.25. The van der Waals surface area contributed by atoms with E-state index in [1.54, 1.807) is 0 Å². The van der Waals surface area contributed by atoms with Crippen molar-refractivity contribution in [3.8, 4) is 11.3 Å². The van der Waals surface area contributed by atoms with E-state index < -0.39 is 0 Å². The van der Waals surface area contributed by atoms with E-state index in [9.17, 15) is 0 Å². The van der Waals surface area contributed by atoms with Crippen LogP contribution in [0.5, 0.6) is 0 Å². The zero-order valence-corrected chi connectivity index (χ0v) is 12.9. The van der Waals surface area contributed by atoms with Gasteiger partial charge < -0.3 is 4.98 Å². The summed E-state index contributed by atoms with van der Waals surface area (Å²) in [6.07, 6.45) is 1.91. The number of allylic oxidation sites excluding steroid dienone is 1. The number of H-pyrrole nitrogens is 1. The Morgan fingerprint density at radius 2 is 1.85 bits per heavy atom. The molecule has 0 aliphatic heterocycles. The summed E-state index contributed by atoms with van der Waals surface area (Å²) in [5.74, 6) is 0. The molecule has 0 spiro atoms. The number of aryl methyl sites for hydroxylation is 2. The Hall–Kier alpha value is -2.09. The summed E-state index contributed by atoms with van der Waals surface area (Å²) in [4.78, 5) is 7.97. The summed E-state index contributed by atoms with van der Waals surface area (Å²) in [5.41, 5.74) is 8.22. The van der Waals surface area contributed by atoms with Gasteiger partial charge in [0.15, 0.2) is 0 Å². The SMILES string of the molecule is CC(C)=CN=C(C)c1cc(-c2cccc(C)c2)[nH]c1C. The van der Waals surface area contributed by atoms with Crippen molar-refractivity contribution in [3.05, 3.63) is 58.9 Å². The number of aromatic amines is 1. The largest absolute Gasteiger partial charge is 0.358 e. The highest BCUT2D eigenvalue weighted by Gasteiger charge is 2.08. The van der Waals surface area contributed by atoms with E-state index in [2.05, 4.69) is 74.9 Å². The van der Waals surface area contributed by atoms with Crippen molar-refractivity contribution >= 4 is 5.71 Å². The lowest BCUT2D eigenvalue weighted by Gasteiger charge is -1.99. The third-order valence-electron chi connectivity index (χ3n) is 3.25. The Morgan fingerprint density at radius 3 is 2.50 bits per heavy atom. The Bertz CT molecular complexity index is 668. The van der Waals surface area contributed by atoms with Gasteiger partial charge in [-0.05, 0) is 52.3 Å². The minimum atomic E-state index is 1.04. The number of aliphatic imine (C=N–C) groups is 1. The average Bonchev–Trinajstić information content (AvgIpc) is 2.78. The first kappa shape index (κ1) is 14.3. The second kappa shape index (κ2) is 5.91. The number of nitrogens with one attached hydrogen (secondary N) is 1. The van der Waals surface area contributed by atoms with E-state index >= 15 is 0 Å². The highest BCUT2D eigenvalue weighted by molar-refractivity contribution is 6.01. The van der Waals surface area contributed by atoms with Crippen LogP contribution in [0.1, 0.15) is 37.6 Å². The van der Waals surface area contributed by atoms with Crippen molar-refractivity contribution in [2.75, 3.05) is 0 Å². The van der Waals surface area contributed by atoms with Crippen LogP contribution < -0.4 is 0 Å². The molecule has 0 aliphatic rings. The van der Waals surface area contributed by atoms with E-state index in [-0.39, 0.29) is 0 Å². The highest BCUT2D eigenvalue weighted by Crippen LogP contribution is 2.23. The van der Waals surface area contributed by atoms with Crippen LogP contribution in [0.15, 0.2) is 47.1 Å². The molecule has 0 aliphatic carbocycles. The van der Waals surface area contributed by atoms with Gasteiger partial charge in [0, 0.05) is 28.9 Å². The molecular weight excluding hydrogens is 244 g/mol. The first-order valence-corrected chi connectivity index (χ1v) is 6.92. The molecule has 0 bridgehead atoms. The van der Waals surface area contributed by atoms with Crippen LogP contribution >= 0.6 is 0 Å². The molecule has 0 saturated carbocycles. The lowest BCUT2D eigenvalue weighted by Crippen LogP contribution is -1.94. The quantitative estimate of drug-likeness (QED) is 0.755. The van der Waals surface area contributed by atoms with Gasteiger partial charge in [-0.25, -0.2) is 0 Å². The van der Waals surface area contributed by atoms with Gasteiger partial charge in [0.2, 0.25) is 0 Å². The van der Waals surface area contributed by atoms with Crippen molar-refractivity contribution in [1.29, 1.82) is 0 Å². The van der Waals surface area contributed by atoms with Gasteiger partial charge in [0.05, 0.1) is 0 Å².